The van der Waals surface area contributed by atoms with Crippen molar-refractivity contribution in [3.63, 3.8) is 0 Å². The third-order valence-electron chi connectivity index (χ3n) is 3.45. The Morgan fingerprint density at radius 2 is 1.92 bits per heavy atom. The molecule has 0 aliphatic heterocycles. The van der Waals surface area contributed by atoms with Crippen molar-refractivity contribution in [2.45, 2.75) is 13.8 Å². The van der Waals surface area contributed by atoms with E-state index in [1.54, 1.807) is 18.2 Å². The van der Waals surface area contributed by atoms with Crippen LogP contribution in [-0.4, -0.2) is 18.5 Å². The topological polar surface area (TPSA) is 79.2 Å². The second-order valence-corrected chi connectivity index (χ2v) is 5.66. The second kappa shape index (κ2) is 7.62. The molecule has 1 amide bonds. The molecule has 0 bridgehead atoms. The number of anilines is 1. The molecule has 2 rings (SSSR count). The number of hydrogen-bond donors (Lipinski definition) is 1. The highest BCUT2D eigenvalue weighted by Crippen LogP contribution is 2.20. The smallest absolute Gasteiger partial charge is 0.338 e. The molecule has 0 atom stereocenters. The van der Waals surface area contributed by atoms with Crippen molar-refractivity contribution in [1.82, 2.24) is 0 Å². The van der Waals surface area contributed by atoms with E-state index in [9.17, 15) is 9.59 Å². The Morgan fingerprint density at radius 3 is 2.58 bits per heavy atom. The summed E-state index contributed by atoms with van der Waals surface area (Å²) in [6, 6.07) is 11.6. The van der Waals surface area contributed by atoms with Crippen molar-refractivity contribution in [3.05, 3.63) is 63.7 Å². The number of carbonyl (C=O) groups is 2. The fraction of sp³-hybridized carbons (Fsp3) is 0.167. The van der Waals surface area contributed by atoms with Gasteiger partial charge in [0.2, 0.25) is 0 Å². The lowest BCUT2D eigenvalue weighted by Crippen LogP contribution is -2.21. The Hall–Kier alpha value is -2.84. The molecule has 0 aliphatic rings. The van der Waals surface area contributed by atoms with E-state index in [0.717, 1.165) is 11.1 Å². The molecular formula is C18H15ClN2O3. The predicted molar refractivity (Wildman–Crippen MR) is 91.0 cm³/mol. The number of benzene rings is 2. The maximum atomic E-state index is 12.0. The van der Waals surface area contributed by atoms with Crippen LogP contribution in [0.2, 0.25) is 5.02 Å². The minimum atomic E-state index is -0.583. The molecule has 0 aliphatic carbocycles. The van der Waals surface area contributed by atoms with E-state index < -0.39 is 18.5 Å². The van der Waals surface area contributed by atoms with Gasteiger partial charge in [0.05, 0.1) is 16.8 Å². The number of nitriles is 1. The van der Waals surface area contributed by atoms with Gasteiger partial charge in [-0.2, -0.15) is 5.26 Å². The first-order valence-electron chi connectivity index (χ1n) is 7.14. The number of nitrogens with one attached hydrogen (secondary N) is 1. The Labute approximate surface area is 144 Å². The fourth-order valence-electron chi connectivity index (χ4n) is 1.99. The van der Waals surface area contributed by atoms with Gasteiger partial charge in [-0.05, 0) is 55.3 Å². The Balaban J connectivity index is 1.98. The quantitative estimate of drug-likeness (QED) is 0.860. The monoisotopic (exact) mass is 342 g/mol. The number of hydrogen-bond acceptors (Lipinski definition) is 4. The molecule has 2 aromatic rings. The molecule has 6 heteroatoms. The highest BCUT2D eigenvalue weighted by atomic mass is 35.5. The van der Waals surface area contributed by atoms with Gasteiger partial charge < -0.3 is 10.1 Å². The average molecular weight is 343 g/mol. The number of carbonyl (C=O) groups excluding carboxylic acids is 2. The molecule has 0 unspecified atom stereocenters. The van der Waals surface area contributed by atoms with Crippen LogP contribution in [0, 0.1) is 25.2 Å². The molecule has 5 nitrogen and oxygen atoms in total. The van der Waals surface area contributed by atoms with E-state index in [1.165, 1.54) is 12.1 Å². The van der Waals surface area contributed by atoms with Gasteiger partial charge in [-0.3, -0.25) is 4.79 Å². The van der Waals surface area contributed by atoms with Crippen LogP contribution in [0.1, 0.15) is 27.0 Å². The van der Waals surface area contributed by atoms with Crippen LogP contribution in [-0.2, 0) is 9.53 Å². The summed E-state index contributed by atoms with van der Waals surface area (Å²) in [5.41, 5.74) is 2.96. The third-order valence-corrected chi connectivity index (χ3v) is 3.69. The van der Waals surface area contributed by atoms with Crippen molar-refractivity contribution in [2.75, 3.05) is 11.9 Å². The third kappa shape index (κ3) is 4.34. The molecule has 2 aromatic carbocycles. The fourth-order valence-corrected chi connectivity index (χ4v) is 2.16. The average Bonchev–Trinajstić information content (AvgIpc) is 2.55. The molecule has 0 spiro atoms. The second-order valence-electron chi connectivity index (χ2n) is 5.23. The predicted octanol–water partition coefficient (Wildman–Crippen LogP) is 3.62. The lowest BCUT2D eigenvalue weighted by Gasteiger charge is -2.09. The highest BCUT2D eigenvalue weighted by Gasteiger charge is 2.12. The number of aryl methyl sites for hydroxylation is 2. The lowest BCUT2D eigenvalue weighted by atomic mass is 10.1. The number of amides is 1. The zero-order valence-corrected chi connectivity index (χ0v) is 14.0. The number of halogens is 1. The van der Waals surface area contributed by atoms with Gasteiger partial charge >= 0.3 is 5.97 Å². The Bertz CT molecular complexity index is 841. The van der Waals surface area contributed by atoms with Gasteiger partial charge in [0.15, 0.2) is 6.61 Å². The van der Waals surface area contributed by atoms with E-state index in [1.807, 2.05) is 26.0 Å². The molecule has 122 valence electrons. The summed E-state index contributed by atoms with van der Waals surface area (Å²) in [7, 11) is 0. The molecule has 0 aromatic heterocycles. The maximum Gasteiger partial charge on any atom is 0.338 e. The zero-order chi connectivity index (χ0) is 17.7. The number of esters is 1. The van der Waals surface area contributed by atoms with E-state index in [4.69, 9.17) is 21.6 Å². The summed E-state index contributed by atoms with van der Waals surface area (Å²) < 4.78 is 4.99. The summed E-state index contributed by atoms with van der Waals surface area (Å²) in [6.45, 7) is 3.38. The molecule has 0 saturated carbocycles. The van der Waals surface area contributed by atoms with Gasteiger partial charge in [0.1, 0.15) is 6.07 Å². The first kappa shape index (κ1) is 17.5. The molecule has 1 N–H and O–H groups in total. The number of rotatable bonds is 4. The number of nitrogens with zero attached hydrogens (tertiary/aromatic N) is 1. The summed E-state index contributed by atoms with van der Waals surface area (Å²) in [5.74, 6) is -1.13. The summed E-state index contributed by atoms with van der Waals surface area (Å²) in [4.78, 5) is 23.9. The van der Waals surface area contributed by atoms with Crippen LogP contribution in [0.3, 0.4) is 0 Å². The van der Waals surface area contributed by atoms with Crippen LogP contribution >= 0.6 is 11.6 Å². The van der Waals surface area contributed by atoms with Gasteiger partial charge in [-0.1, -0.05) is 17.7 Å². The standard InChI is InChI=1S/C18H15ClN2O3/c1-11-3-4-13(7-12(11)2)18(23)24-10-17(22)21-16-8-15(19)6-5-14(16)9-20/h3-8H,10H2,1-2H3,(H,21,22). The zero-order valence-electron chi connectivity index (χ0n) is 13.2. The molecule has 24 heavy (non-hydrogen) atoms. The molecule has 0 heterocycles. The Morgan fingerprint density at radius 1 is 1.17 bits per heavy atom. The van der Waals surface area contributed by atoms with Gasteiger partial charge in [0, 0.05) is 5.02 Å². The van der Waals surface area contributed by atoms with Crippen LogP contribution in [0.25, 0.3) is 0 Å². The van der Waals surface area contributed by atoms with Gasteiger partial charge in [0.25, 0.3) is 5.91 Å². The lowest BCUT2D eigenvalue weighted by molar-refractivity contribution is -0.119. The van der Waals surface area contributed by atoms with E-state index >= 15 is 0 Å². The summed E-state index contributed by atoms with van der Waals surface area (Å²) in [5, 5.41) is 11.9. The first-order chi connectivity index (χ1) is 11.4. The van der Waals surface area contributed by atoms with Crippen molar-refractivity contribution < 1.29 is 14.3 Å². The van der Waals surface area contributed by atoms with Crippen molar-refractivity contribution in [2.24, 2.45) is 0 Å². The van der Waals surface area contributed by atoms with Crippen LogP contribution in [0.4, 0.5) is 5.69 Å². The van der Waals surface area contributed by atoms with Gasteiger partial charge in [-0.15, -0.1) is 0 Å². The van der Waals surface area contributed by atoms with Gasteiger partial charge in [-0.25, -0.2) is 4.79 Å². The van der Waals surface area contributed by atoms with Crippen LogP contribution < -0.4 is 5.32 Å². The van der Waals surface area contributed by atoms with E-state index in [-0.39, 0.29) is 11.3 Å². The minimum Gasteiger partial charge on any atom is -0.452 e. The van der Waals surface area contributed by atoms with Crippen molar-refractivity contribution in [3.8, 4) is 6.07 Å². The van der Waals surface area contributed by atoms with Crippen LogP contribution in [0.5, 0.6) is 0 Å². The maximum absolute atomic E-state index is 12.0. The summed E-state index contributed by atoms with van der Waals surface area (Å²) in [6.07, 6.45) is 0. The number of ether oxygens (including phenoxy) is 1. The summed E-state index contributed by atoms with van der Waals surface area (Å²) >= 11 is 5.85. The minimum absolute atomic E-state index is 0.272. The molecule has 0 radical (unpaired) electrons. The molecular weight excluding hydrogens is 328 g/mol. The van der Waals surface area contributed by atoms with Crippen molar-refractivity contribution >= 4 is 29.2 Å². The molecule has 0 saturated heterocycles. The van der Waals surface area contributed by atoms with Crippen molar-refractivity contribution in [1.29, 1.82) is 5.26 Å². The first-order valence-corrected chi connectivity index (χ1v) is 7.52. The van der Waals surface area contributed by atoms with Crippen LogP contribution in [0.15, 0.2) is 36.4 Å². The Kier molecular flexibility index (Phi) is 5.56. The normalized spacial score (nSPS) is 9.92. The highest BCUT2D eigenvalue weighted by molar-refractivity contribution is 6.31. The molecule has 0 fully saturated rings. The SMILES string of the molecule is Cc1ccc(C(=O)OCC(=O)Nc2cc(Cl)ccc2C#N)cc1C. The van der Waals surface area contributed by atoms with E-state index in [0.29, 0.717) is 10.6 Å². The largest absolute Gasteiger partial charge is 0.452 e. The van der Waals surface area contributed by atoms with E-state index in [2.05, 4.69) is 5.32 Å².